The van der Waals surface area contributed by atoms with E-state index in [0.29, 0.717) is 0 Å². The van der Waals surface area contributed by atoms with Crippen LogP contribution in [0.5, 0.6) is 0 Å². The normalized spacial score (nSPS) is 17.2. The predicted molar refractivity (Wildman–Crippen MR) is 58.8 cm³/mol. The van der Waals surface area contributed by atoms with Crippen LogP contribution in [0.4, 0.5) is 0 Å². The average Bonchev–Trinajstić information content (AvgIpc) is 3.01. The molecule has 80 valence electrons. The molecule has 1 aliphatic carbocycles. The van der Waals surface area contributed by atoms with Crippen molar-refractivity contribution in [3.63, 3.8) is 0 Å². The van der Waals surface area contributed by atoms with Gasteiger partial charge in [0.1, 0.15) is 0 Å². The second-order valence-corrected chi connectivity index (χ2v) is 4.51. The summed E-state index contributed by atoms with van der Waals surface area (Å²) in [5.41, 5.74) is 0.894. The van der Waals surface area contributed by atoms with Gasteiger partial charge in [-0.1, -0.05) is 23.7 Å². The molecule has 0 bridgehead atoms. The van der Waals surface area contributed by atoms with Crippen LogP contribution >= 0.6 is 11.6 Å². The third kappa shape index (κ3) is 2.15. The van der Waals surface area contributed by atoms with E-state index in [-0.39, 0.29) is 11.4 Å². The van der Waals surface area contributed by atoms with E-state index in [0.717, 1.165) is 29.8 Å². The van der Waals surface area contributed by atoms with Crippen molar-refractivity contribution in [3.05, 3.63) is 34.9 Å². The van der Waals surface area contributed by atoms with Crippen LogP contribution in [-0.4, -0.2) is 13.1 Å². The van der Waals surface area contributed by atoms with Crippen LogP contribution in [0.2, 0.25) is 5.02 Å². The van der Waals surface area contributed by atoms with E-state index in [1.807, 2.05) is 24.3 Å². The first-order chi connectivity index (χ1) is 7.16. The van der Waals surface area contributed by atoms with Gasteiger partial charge in [0, 0.05) is 5.02 Å². The van der Waals surface area contributed by atoms with E-state index in [1.54, 1.807) is 0 Å². The smallest absolute Gasteiger partial charge is 0.312 e. The summed E-state index contributed by atoms with van der Waals surface area (Å²) in [4.78, 5) is 11.5. The largest absolute Gasteiger partial charge is 0.469 e. The summed E-state index contributed by atoms with van der Waals surface area (Å²) in [7, 11) is 1.45. The molecule has 1 aromatic rings. The monoisotopic (exact) mass is 224 g/mol. The lowest BCUT2D eigenvalue weighted by Gasteiger charge is -2.12. The number of methoxy groups -OCH3 is 1. The van der Waals surface area contributed by atoms with E-state index in [2.05, 4.69) is 0 Å². The standard InChI is InChI=1S/C12H13ClO2/c1-15-11(14)12(6-7-12)8-9-2-4-10(13)5-3-9/h2-5H,6-8H2,1H3. The first-order valence-corrected chi connectivity index (χ1v) is 5.37. The quantitative estimate of drug-likeness (QED) is 0.738. The van der Waals surface area contributed by atoms with Crippen molar-refractivity contribution in [2.75, 3.05) is 7.11 Å². The second kappa shape index (κ2) is 3.86. The Bertz CT molecular complexity index is 366. The van der Waals surface area contributed by atoms with Crippen molar-refractivity contribution in [2.45, 2.75) is 19.3 Å². The number of hydrogen-bond donors (Lipinski definition) is 0. The molecular formula is C12H13ClO2. The Balaban J connectivity index is 2.09. The summed E-state index contributed by atoms with van der Waals surface area (Å²) in [6.45, 7) is 0. The summed E-state index contributed by atoms with van der Waals surface area (Å²) < 4.78 is 4.81. The molecule has 15 heavy (non-hydrogen) atoms. The molecule has 0 amide bonds. The van der Waals surface area contributed by atoms with Gasteiger partial charge in [-0.3, -0.25) is 4.79 Å². The minimum absolute atomic E-state index is 0.0857. The Morgan fingerprint density at radius 2 is 2.00 bits per heavy atom. The molecule has 1 aromatic carbocycles. The Kier molecular flexibility index (Phi) is 2.70. The zero-order chi connectivity index (χ0) is 10.9. The van der Waals surface area contributed by atoms with E-state index in [4.69, 9.17) is 16.3 Å². The molecule has 1 saturated carbocycles. The summed E-state index contributed by atoms with van der Waals surface area (Å²) in [5.74, 6) is -0.0857. The summed E-state index contributed by atoms with van der Waals surface area (Å²) in [6.07, 6.45) is 2.63. The lowest BCUT2D eigenvalue weighted by molar-refractivity contribution is -0.147. The van der Waals surface area contributed by atoms with Crippen LogP contribution in [0.25, 0.3) is 0 Å². The Morgan fingerprint density at radius 3 is 2.47 bits per heavy atom. The summed E-state index contributed by atoms with van der Waals surface area (Å²) in [6, 6.07) is 7.63. The molecule has 3 heteroatoms. The second-order valence-electron chi connectivity index (χ2n) is 4.08. The van der Waals surface area contributed by atoms with Crippen LogP contribution in [0, 0.1) is 5.41 Å². The van der Waals surface area contributed by atoms with Crippen molar-refractivity contribution in [2.24, 2.45) is 5.41 Å². The van der Waals surface area contributed by atoms with Crippen molar-refractivity contribution in [1.29, 1.82) is 0 Å². The fourth-order valence-corrected chi connectivity index (χ4v) is 1.94. The molecular weight excluding hydrogens is 212 g/mol. The third-order valence-electron chi connectivity index (χ3n) is 2.93. The molecule has 0 N–H and O–H groups in total. The van der Waals surface area contributed by atoms with E-state index >= 15 is 0 Å². The topological polar surface area (TPSA) is 26.3 Å². The number of ether oxygens (including phenoxy) is 1. The predicted octanol–water partition coefficient (Wildman–Crippen LogP) is 2.84. The number of rotatable bonds is 3. The number of carbonyl (C=O) groups is 1. The zero-order valence-electron chi connectivity index (χ0n) is 8.63. The number of halogens is 1. The number of carbonyl (C=O) groups excluding carboxylic acids is 1. The summed E-state index contributed by atoms with van der Waals surface area (Å²) >= 11 is 5.80. The van der Waals surface area contributed by atoms with Crippen LogP contribution in [0.3, 0.4) is 0 Å². The van der Waals surface area contributed by atoms with E-state index < -0.39 is 0 Å². The molecule has 2 rings (SSSR count). The number of hydrogen-bond acceptors (Lipinski definition) is 2. The molecule has 2 nitrogen and oxygen atoms in total. The van der Waals surface area contributed by atoms with Gasteiger partial charge < -0.3 is 4.74 Å². The summed E-state index contributed by atoms with van der Waals surface area (Å²) in [5, 5.41) is 0.724. The fraction of sp³-hybridized carbons (Fsp3) is 0.417. The van der Waals surface area contributed by atoms with Gasteiger partial charge in [0.2, 0.25) is 0 Å². The first kappa shape index (κ1) is 10.5. The lowest BCUT2D eigenvalue weighted by atomic mass is 9.97. The third-order valence-corrected chi connectivity index (χ3v) is 3.18. The zero-order valence-corrected chi connectivity index (χ0v) is 9.38. The SMILES string of the molecule is COC(=O)C1(Cc2ccc(Cl)cc2)CC1. The minimum atomic E-state index is -0.247. The van der Waals surface area contributed by atoms with Crippen molar-refractivity contribution < 1.29 is 9.53 Å². The van der Waals surface area contributed by atoms with Crippen LogP contribution in [-0.2, 0) is 16.0 Å². The maximum absolute atomic E-state index is 11.5. The number of esters is 1. The van der Waals surface area contributed by atoms with Gasteiger partial charge in [-0.25, -0.2) is 0 Å². The molecule has 1 aliphatic rings. The highest BCUT2D eigenvalue weighted by atomic mass is 35.5. The van der Waals surface area contributed by atoms with Crippen molar-refractivity contribution in [1.82, 2.24) is 0 Å². The Morgan fingerprint density at radius 1 is 1.40 bits per heavy atom. The maximum atomic E-state index is 11.5. The lowest BCUT2D eigenvalue weighted by Crippen LogP contribution is -2.19. The first-order valence-electron chi connectivity index (χ1n) is 4.99. The molecule has 0 spiro atoms. The molecule has 0 atom stereocenters. The Hall–Kier alpha value is -1.02. The number of benzene rings is 1. The highest BCUT2D eigenvalue weighted by Gasteiger charge is 2.50. The van der Waals surface area contributed by atoms with Gasteiger partial charge in [0.05, 0.1) is 12.5 Å². The molecule has 0 saturated heterocycles. The molecule has 0 unspecified atom stereocenters. The van der Waals surface area contributed by atoms with Gasteiger partial charge in [-0.05, 0) is 37.0 Å². The van der Waals surface area contributed by atoms with Gasteiger partial charge in [0.15, 0.2) is 0 Å². The van der Waals surface area contributed by atoms with E-state index in [1.165, 1.54) is 7.11 Å². The van der Waals surface area contributed by atoms with Crippen LogP contribution in [0.1, 0.15) is 18.4 Å². The Labute approximate surface area is 94.2 Å². The van der Waals surface area contributed by atoms with Crippen LogP contribution < -0.4 is 0 Å². The van der Waals surface area contributed by atoms with Gasteiger partial charge in [-0.15, -0.1) is 0 Å². The maximum Gasteiger partial charge on any atom is 0.312 e. The molecule has 0 radical (unpaired) electrons. The van der Waals surface area contributed by atoms with Gasteiger partial charge in [-0.2, -0.15) is 0 Å². The molecule has 0 aromatic heterocycles. The van der Waals surface area contributed by atoms with Gasteiger partial charge >= 0.3 is 5.97 Å². The minimum Gasteiger partial charge on any atom is -0.469 e. The highest BCUT2D eigenvalue weighted by molar-refractivity contribution is 6.30. The van der Waals surface area contributed by atoms with Crippen LogP contribution in [0.15, 0.2) is 24.3 Å². The highest BCUT2D eigenvalue weighted by Crippen LogP contribution is 2.49. The van der Waals surface area contributed by atoms with Crippen molar-refractivity contribution in [3.8, 4) is 0 Å². The van der Waals surface area contributed by atoms with E-state index in [9.17, 15) is 4.79 Å². The molecule has 0 heterocycles. The van der Waals surface area contributed by atoms with Gasteiger partial charge in [0.25, 0.3) is 0 Å². The molecule has 1 fully saturated rings. The fourth-order valence-electron chi connectivity index (χ4n) is 1.81. The van der Waals surface area contributed by atoms with Crippen molar-refractivity contribution >= 4 is 17.6 Å². The molecule has 0 aliphatic heterocycles. The average molecular weight is 225 g/mol.